The van der Waals surface area contributed by atoms with Gasteiger partial charge in [-0.25, -0.2) is 4.79 Å². The number of hydrogen-bond donors (Lipinski definition) is 3. The highest BCUT2D eigenvalue weighted by atomic mass is 32.1. The Morgan fingerprint density at radius 2 is 2.23 bits per heavy atom. The number of hydrogen-bond acceptors (Lipinski definition) is 7. The lowest BCUT2D eigenvalue weighted by atomic mass is 10.1. The van der Waals surface area contributed by atoms with Crippen molar-refractivity contribution in [2.75, 3.05) is 6.61 Å². The molecule has 0 spiro atoms. The molecule has 1 aliphatic heterocycles. The van der Waals surface area contributed by atoms with E-state index in [1.54, 1.807) is 0 Å². The van der Waals surface area contributed by atoms with Crippen molar-refractivity contribution in [1.29, 1.82) is 0 Å². The Morgan fingerprint density at radius 3 is 2.69 bits per heavy atom. The van der Waals surface area contributed by atoms with Gasteiger partial charge in [-0.15, -0.1) is 0 Å². The van der Waals surface area contributed by atoms with E-state index in [1.165, 1.54) is 0 Å². The van der Waals surface area contributed by atoms with Crippen molar-refractivity contribution in [2.45, 2.75) is 18.3 Å². The first-order valence-electron chi connectivity index (χ1n) is 3.45. The van der Waals surface area contributed by atoms with E-state index in [0.717, 1.165) is 0 Å². The second-order valence-electron chi connectivity index (χ2n) is 2.51. The standard InChI is InChI=1S/C6H8O6S/c7-1-2(8)4-5(12-13)3(9)6(10)11-4/h2,4-5,7-8,13H,1H2/t2-,4+,5?/m0/s1. The predicted molar refractivity (Wildman–Crippen MR) is 41.8 cm³/mol. The molecule has 6 nitrogen and oxygen atoms in total. The monoisotopic (exact) mass is 208 g/mol. The van der Waals surface area contributed by atoms with Gasteiger partial charge in [0.1, 0.15) is 6.10 Å². The van der Waals surface area contributed by atoms with E-state index in [2.05, 4.69) is 21.8 Å². The Kier molecular flexibility index (Phi) is 3.26. The molecule has 0 aromatic carbocycles. The van der Waals surface area contributed by atoms with Crippen LogP contribution >= 0.6 is 12.9 Å². The highest BCUT2D eigenvalue weighted by Crippen LogP contribution is 2.19. The van der Waals surface area contributed by atoms with Gasteiger partial charge in [0.25, 0.3) is 5.78 Å². The fourth-order valence-corrected chi connectivity index (χ4v) is 1.22. The van der Waals surface area contributed by atoms with Crippen molar-refractivity contribution < 1.29 is 28.7 Å². The first kappa shape index (κ1) is 10.5. The van der Waals surface area contributed by atoms with Crippen molar-refractivity contribution in [3.63, 3.8) is 0 Å². The minimum atomic E-state index is -1.34. The molecule has 74 valence electrons. The number of aliphatic hydroxyl groups excluding tert-OH is 2. The molecule has 1 rings (SSSR count). The van der Waals surface area contributed by atoms with Gasteiger partial charge in [-0.1, -0.05) is 0 Å². The number of carbonyl (C=O) groups excluding carboxylic acids is 2. The topological polar surface area (TPSA) is 93.1 Å². The molecule has 0 radical (unpaired) electrons. The van der Waals surface area contributed by atoms with E-state index in [9.17, 15) is 9.59 Å². The minimum Gasteiger partial charge on any atom is -0.450 e. The smallest absolute Gasteiger partial charge is 0.378 e. The Bertz CT molecular complexity index is 229. The average Bonchev–Trinajstić information content (AvgIpc) is 2.42. The van der Waals surface area contributed by atoms with Crippen LogP contribution in [-0.4, -0.2) is 46.9 Å². The molecule has 1 saturated heterocycles. The van der Waals surface area contributed by atoms with E-state index in [0.29, 0.717) is 0 Å². The normalized spacial score (nSPS) is 30.4. The van der Waals surface area contributed by atoms with Crippen LogP contribution in [0, 0.1) is 0 Å². The molecule has 0 bridgehead atoms. The van der Waals surface area contributed by atoms with Gasteiger partial charge in [0.05, 0.1) is 6.61 Å². The fraction of sp³-hybridized carbons (Fsp3) is 0.667. The molecule has 0 saturated carbocycles. The third-order valence-corrected chi connectivity index (χ3v) is 1.91. The van der Waals surface area contributed by atoms with E-state index < -0.39 is 36.7 Å². The van der Waals surface area contributed by atoms with Crippen LogP contribution in [0.5, 0.6) is 0 Å². The SMILES string of the molecule is O=C1O[C@H]([C@@H](O)CO)C(OS)C1=O. The summed E-state index contributed by atoms with van der Waals surface area (Å²) in [6, 6.07) is 0. The number of cyclic esters (lactones) is 1. The van der Waals surface area contributed by atoms with Gasteiger partial charge < -0.3 is 19.1 Å². The molecule has 2 N–H and O–H groups in total. The van der Waals surface area contributed by atoms with E-state index in [4.69, 9.17) is 10.2 Å². The van der Waals surface area contributed by atoms with Crippen molar-refractivity contribution >= 4 is 24.7 Å². The maximum Gasteiger partial charge on any atom is 0.378 e. The number of ether oxygens (including phenoxy) is 1. The van der Waals surface area contributed by atoms with Crippen LogP contribution in [0.2, 0.25) is 0 Å². The second kappa shape index (κ2) is 4.05. The molecule has 13 heavy (non-hydrogen) atoms. The van der Waals surface area contributed by atoms with Crippen LogP contribution in [0.4, 0.5) is 0 Å². The molecule has 0 amide bonds. The molecule has 3 atom stereocenters. The molecule has 1 fully saturated rings. The first-order chi connectivity index (χ1) is 6.11. The molecule has 0 aromatic heterocycles. The van der Waals surface area contributed by atoms with Crippen LogP contribution in [0.1, 0.15) is 0 Å². The fourth-order valence-electron chi connectivity index (χ4n) is 1.00. The number of ketones is 1. The maximum absolute atomic E-state index is 10.9. The summed E-state index contributed by atoms with van der Waals surface area (Å²) in [6.07, 6.45) is -3.77. The highest BCUT2D eigenvalue weighted by molar-refractivity contribution is 7.75. The average molecular weight is 208 g/mol. The van der Waals surface area contributed by atoms with Gasteiger partial charge in [0.2, 0.25) is 0 Å². The Morgan fingerprint density at radius 1 is 1.62 bits per heavy atom. The van der Waals surface area contributed by atoms with Crippen LogP contribution in [0.15, 0.2) is 0 Å². The molecule has 1 aliphatic rings. The summed E-state index contributed by atoms with van der Waals surface area (Å²) >= 11 is 3.36. The molecule has 1 heterocycles. The largest absolute Gasteiger partial charge is 0.450 e. The van der Waals surface area contributed by atoms with Crippen molar-refractivity contribution in [1.82, 2.24) is 0 Å². The third-order valence-electron chi connectivity index (χ3n) is 1.68. The van der Waals surface area contributed by atoms with Crippen LogP contribution < -0.4 is 0 Å². The molecule has 0 aromatic rings. The summed E-state index contributed by atoms with van der Waals surface area (Å²) in [5.74, 6) is -2.00. The van der Waals surface area contributed by atoms with Crippen molar-refractivity contribution in [3.8, 4) is 0 Å². The third kappa shape index (κ3) is 1.83. The Labute approximate surface area is 79.1 Å². The lowest BCUT2D eigenvalue weighted by Gasteiger charge is -2.17. The van der Waals surface area contributed by atoms with Crippen molar-refractivity contribution in [3.05, 3.63) is 0 Å². The number of rotatable bonds is 3. The highest BCUT2D eigenvalue weighted by Gasteiger charge is 2.47. The molecular formula is C6H8O6S. The summed E-state index contributed by atoms with van der Waals surface area (Å²) < 4.78 is 8.81. The number of aliphatic hydroxyl groups is 2. The van der Waals surface area contributed by atoms with Gasteiger partial charge in [0.15, 0.2) is 12.2 Å². The van der Waals surface area contributed by atoms with Crippen molar-refractivity contribution in [2.24, 2.45) is 0 Å². The maximum atomic E-state index is 10.9. The Balaban J connectivity index is 2.76. The van der Waals surface area contributed by atoms with Gasteiger partial charge in [-0.05, 0) is 12.9 Å². The van der Waals surface area contributed by atoms with Crippen LogP contribution in [0.25, 0.3) is 0 Å². The second-order valence-corrected chi connectivity index (χ2v) is 2.72. The van der Waals surface area contributed by atoms with E-state index >= 15 is 0 Å². The summed E-state index contributed by atoms with van der Waals surface area (Å²) in [5.41, 5.74) is 0. The summed E-state index contributed by atoms with van der Waals surface area (Å²) in [7, 11) is 0. The molecule has 0 aliphatic carbocycles. The zero-order chi connectivity index (χ0) is 10.0. The van der Waals surface area contributed by atoms with Gasteiger partial charge in [0, 0.05) is 0 Å². The molecule has 7 heteroatoms. The lowest BCUT2D eigenvalue weighted by molar-refractivity contribution is -0.151. The quantitative estimate of drug-likeness (QED) is 0.216. The zero-order valence-corrected chi connectivity index (χ0v) is 7.31. The van der Waals surface area contributed by atoms with Crippen LogP contribution in [0.3, 0.4) is 0 Å². The number of esters is 1. The lowest BCUT2D eigenvalue weighted by Crippen LogP contribution is -2.39. The minimum absolute atomic E-state index is 0.626. The molecular weight excluding hydrogens is 200 g/mol. The van der Waals surface area contributed by atoms with Crippen LogP contribution in [-0.2, 0) is 18.5 Å². The number of carbonyl (C=O) groups is 2. The van der Waals surface area contributed by atoms with E-state index in [-0.39, 0.29) is 0 Å². The summed E-state index contributed by atoms with van der Waals surface area (Å²) in [5, 5.41) is 17.6. The van der Waals surface area contributed by atoms with Gasteiger partial charge in [-0.3, -0.25) is 4.79 Å². The Hall–Kier alpha value is -0.630. The zero-order valence-electron chi connectivity index (χ0n) is 6.41. The van der Waals surface area contributed by atoms with Gasteiger partial charge >= 0.3 is 5.97 Å². The summed E-state index contributed by atoms with van der Waals surface area (Å²) in [6.45, 7) is -0.626. The van der Waals surface area contributed by atoms with E-state index in [1.807, 2.05) is 0 Å². The predicted octanol–water partition coefficient (Wildman–Crippen LogP) is -1.94. The number of thiol groups is 1. The first-order valence-corrected chi connectivity index (χ1v) is 3.82. The van der Waals surface area contributed by atoms with Gasteiger partial charge in [-0.2, -0.15) is 0 Å². The molecule has 1 unspecified atom stereocenters. The summed E-state index contributed by atoms with van der Waals surface area (Å²) in [4.78, 5) is 21.6. The number of Topliss-reactive ketones (excluding diaryl/α,β-unsaturated/α-hetero) is 1.